The smallest absolute Gasteiger partial charge is 0.273 e. The van der Waals surface area contributed by atoms with E-state index in [9.17, 15) is 4.79 Å². The van der Waals surface area contributed by atoms with Gasteiger partial charge in [-0.05, 0) is 62.7 Å². The average Bonchev–Trinajstić information content (AvgIpc) is 3.48. The van der Waals surface area contributed by atoms with Crippen LogP contribution in [0.2, 0.25) is 0 Å². The first kappa shape index (κ1) is 21.6. The van der Waals surface area contributed by atoms with Gasteiger partial charge < -0.3 is 14.6 Å². The van der Waals surface area contributed by atoms with Crippen LogP contribution in [0.3, 0.4) is 0 Å². The molecule has 0 aliphatic carbocycles. The molecular formula is C24H26BrN3O3. The number of carbonyl (C=O) groups excluding carboxylic acids is 1. The molecule has 2 heterocycles. The molecule has 1 saturated heterocycles. The fourth-order valence-electron chi connectivity index (χ4n) is 3.88. The summed E-state index contributed by atoms with van der Waals surface area (Å²) < 4.78 is 11.9. The van der Waals surface area contributed by atoms with E-state index < -0.39 is 0 Å². The minimum Gasteiger partial charge on any atom is -0.494 e. The van der Waals surface area contributed by atoms with Crippen molar-refractivity contribution in [3.05, 3.63) is 70.3 Å². The first-order chi connectivity index (χ1) is 15.1. The summed E-state index contributed by atoms with van der Waals surface area (Å²) in [5.74, 6) is 1.20. The van der Waals surface area contributed by atoms with E-state index in [1.165, 1.54) is 18.4 Å². The van der Waals surface area contributed by atoms with Crippen LogP contribution in [0.4, 0.5) is 0 Å². The van der Waals surface area contributed by atoms with Crippen molar-refractivity contribution >= 4 is 21.8 Å². The molecule has 0 saturated carbocycles. The molecule has 1 atom stereocenters. The summed E-state index contributed by atoms with van der Waals surface area (Å²) >= 11 is 3.42. The lowest BCUT2D eigenvalue weighted by molar-refractivity contribution is 0.0929. The second-order valence-corrected chi connectivity index (χ2v) is 8.47. The SMILES string of the molecule is CCOc1ccc([C@H](CNC(=O)c2cc(-c3ccc(Br)cc3)on2)N2CCCC2)cc1. The number of carbonyl (C=O) groups is 1. The largest absolute Gasteiger partial charge is 0.494 e. The van der Waals surface area contributed by atoms with Crippen molar-refractivity contribution in [1.82, 2.24) is 15.4 Å². The van der Waals surface area contributed by atoms with Gasteiger partial charge in [0, 0.05) is 22.6 Å². The van der Waals surface area contributed by atoms with Crippen molar-refractivity contribution in [2.24, 2.45) is 0 Å². The Balaban J connectivity index is 1.44. The van der Waals surface area contributed by atoms with Crippen LogP contribution in [0.25, 0.3) is 11.3 Å². The van der Waals surface area contributed by atoms with Gasteiger partial charge in [0.25, 0.3) is 5.91 Å². The maximum atomic E-state index is 12.8. The summed E-state index contributed by atoms with van der Waals surface area (Å²) in [6.07, 6.45) is 2.36. The third-order valence-electron chi connectivity index (χ3n) is 5.48. The summed E-state index contributed by atoms with van der Waals surface area (Å²) in [5.41, 5.74) is 2.32. The van der Waals surface area contributed by atoms with Gasteiger partial charge >= 0.3 is 0 Å². The van der Waals surface area contributed by atoms with E-state index in [0.29, 0.717) is 18.9 Å². The van der Waals surface area contributed by atoms with E-state index in [0.717, 1.165) is 28.9 Å². The first-order valence-corrected chi connectivity index (χ1v) is 11.4. The van der Waals surface area contributed by atoms with Crippen molar-refractivity contribution in [2.75, 3.05) is 26.2 Å². The van der Waals surface area contributed by atoms with Crippen molar-refractivity contribution in [3.8, 4) is 17.1 Å². The molecule has 0 bridgehead atoms. The molecule has 1 aliphatic heterocycles. The van der Waals surface area contributed by atoms with Gasteiger partial charge in [-0.2, -0.15) is 0 Å². The van der Waals surface area contributed by atoms with Gasteiger partial charge in [0.05, 0.1) is 12.6 Å². The fourth-order valence-corrected chi connectivity index (χ4v) is 4.14. The van der Waals surface area contributed by atoms with Crippen LogP contribution in [0, 0.1) is 0 Å². The van der Waals surface area contributed by atoms with E-state index in [2.05, 4.69) is 43.4 Å². The number of rotatable bonds is 8. The topological polar surface area (TPSA) is 67.6 Å². The quantitative estimate of drug-likeness (QED) is 0.484. The summed E-state index contributed by atoms with van der Waals surface area (Å²) in [4.78, 5) is 15.2. The average molecular weight is 484 g/mol. The maximum absolute atomic E-state index is 12.8. The molecule has 6 nitrogen and oxygen atoms in total. The number of hydrogen-bond acceptors (Lipinski definition) is 5. The zero-order valence-corrected chi connectivity index (χ0v) is 19.1. The third kappa shape index (κ3) is 5.35. The number of likely N-dealkylation sites (tertiary alicyclic amines) is 1. The number of amides is 1. The Morgan fingerprint density at radius 1 is 1.16 bits per heavy atom. The summed E-state index contributed by atoms with van der Waals surface area (Å²) in [6.45, 7) is 5.19. The molecule has 1 fully saturated rings. The van der Waals surface area contributed by atoms with Crippen molar-refractivity contribution < 1.29 is 14.1 Å². The van der Waals surface area contributed by atoms with Gasteiger partial charge in [0.2, 0.25) is 0 Å². The Morgan fingerprint density at radius 3 is 2.55 bits per heavy atom. The minimum atomic E-state index is -0.234. The van der Waals surface area contributed by atoms with E-state index in [-0.39, 0.29) is 17.6 Å². The van der Waals surface area contributed by atoms with Gasteiger partial charge in [-0.1, -0.05) is 45.4 Å². The molecule has 1 aromatic heterocycles. The predicted molar refractivity (Wildman–Crippen MR) is 123 cm³/mol. The van der Waals surface area contributed by atoms with Crippen LogP contribution in [0.5, 0.6) is 5.75 Å². The van der Waals surface area contributed by atoms with Gasteiger partial charge in [0.1, 0.15) is 5.75 Å². The van der Waals surface area contributed by atoms with Crippen LogP contribution in [0.15, 0.2) is 63.6 Å². The van der Waals surface area contributed by atoms with Gasteiger partial charge in [-0.3, -0.25) is 9.69 Å². The zero-order chi connectivity index (χ0) is 21.6. The van der Waals surface area contributed by atoms with Crippen molar-refractivity contribution in [2.45, 2.75) is 25.8 Å². The highest BCUT2D eigenvalue weighted by atomic mass is 79.9. The highest BCUT2D eigenvalue weighted by Gasteiger charge is 2.25. The normalized spacial score (nSPS) is 15.0. The minimum absolute atomic E-state index is 0.111. The number of benzene rings is 2. The van der Waals surface area contributed by atoms with Crippen LogP contribution >= 0.6 is 15.9 Å². The molecule has 31 heavy (non-hydrogen) atoms. The lowest BCUT2D eigenvalue weighted by Gasteiger charge is -2.28. The Bertz CT molecular complexity index is 996. The Labute approximate surface area is 190 Å². The third-order valence-corrected chi connectivity index (χ3v) is 6.01. The second-order valence-electron chi connectivity index (χ2n) is 7.55. The molecule has 2 aromatic carbocycles. The molecule has 1 aliphatic rings. The standard InChI is InChI=1S/C24H26BrN3O3/c1-2-30-20-11-7-17(8-12-20)22(28-13-3-4-14-28)16-26-24(29)21-15-23(31-27-21)18-5-9-19(25)10-6-18/h5-12,15,22H,2-4,13-14,16H2,1H3,(H,26,29)/t22-/m0/s1. The summed E-state index contributed by atoms with van der Waals surface area (Å²) in [6, 6.07) is 17.6. The number of halogens is 1. The Hall–Kier alpha value is -2.64. The molecule has 3 aromatic rings. The van der Waals surface area contributed by atoms with Crippen LogP contribution < -0.4 is 10.1 Å². The van der Waals surface area contributed by atoms with Gasteiger partial charge in [0.15, 0.2) is 11.5 Å². The molecule has 7 heteroatoms. The van der Waals surface area contributed by atoms with Gasteiger partial charge in [-0.15, -0.1) is 0 Å². The predicted octanol–water partition coefficient (Wildman–Crippen LogP) is 5.07. The lowest BCUT2D eigenvalue weighted by Crippen LogP contribution is -2.36. The summed E-state index contributed by atoms with van der Waals surface area (Å²) in [5, 5.41) is 7.01. The highest BCUT2D eigenvalue weighted by molar-refractivity contribution is 9.10. The molecule has 0 spiro atoms. The van der Waals surface area contributed by atoms with Crippen LogP contribution in [0.1, 0.15) is 41.9 Å². The monoisotopic (exact) mass is 483 g/mol. The van der Waals surface area contributed by atoms with E-state index in [1.54, 1.807) is 6.07 Å². The first-order valence-electron chi connectivity index (χ1n) is 10.6. The maximum Gasteiger partial charge on any atom is 0.273 e. The molecule has 0 unspecified atom stereocenters. The van der Waals surface area contributed by atoms with E-state index in [4.69, 9.17) is 9.26 Å². The molecule has 1 amide bonds. The number of nitrogens with zero attached hydrogens (tertiary/aromatic N) is 2. The number of ether oxygens (including phenoxy) is 1. The highest BCUT2D eigenvalue weighted by Crippen LogP contribution is 2.27. The molecular weight excluding hydrogens is 458 g/mol. The zero-order valence-electron chi connectivity index (χ0n) is 17.5. The van der Waals surface area contributed by atoms with Crippen molar-refractivity contribution in [3.63, 3.8) is 0 Å². The van der Waals surface area contributed by atoms with Gasteiger partial charge in [-0.25, -0.2) is 0 Å². The number of aromatic nitrogens is 1. The Kier molecular flexibility index (Phi) is 7.04. The number of nitrogens with one attached hydrogen (secondary N) is 1. The lowest BCUT2D eigenvalue weighted by atomic mass is 10.1. The number of hydrogen-bond donors (Lipinski definition) is 1. The van der Waals surface area contributed by atoms with Crippen LogP contribution in [-0.2, 0) is 0 Å². The fraction of sp³-hybridized carbons (Fsp3) is 0.333. The van der Waals surface area contributed by atoms with Crippen molar-refractivity contribution in [1.29, 1.82) is 0 Å². The molecule has 4 rings (SSSR count). The second kappa shape index (κ2) is 10.1. The molecule has 1 N–H and O–H groups in total. The molecule has 0 radical (unpaired) electrons. The Morgan fingerprint density at radius 2 is 1.87 bits per heavy atom. The van der Waals surface area contributed by atoms with E-state index in [1.807, 2.05) is 43.3 Å². The van der Waals surface area contributed by atoms with E-state index >= 15 is 0 Å². The molecule has 162 valence electrons. The summed E-state index contributed by atoms with van der Waals surface area (Å²) in [7, 11) is 0. The van der Waals surface area contributed by atoms with Crippen LogP contribution in [-0.4, -0.2) is 42.2 Å².